The van der Waals surface area contributed by atoms with E-state index in [4.69, 9.17) is 32.9 Å². The Kier molecular flexibility index (Phi) is 6.94. The highest BCUT2D eigenvalue weighted by atomic mass is 35.5. The number of rotatable bonds is 5. The van der Waals surface area contributed by atoms with E-state index in [-0.39, 0.29) is 12.5 Å². The van der Waals surface area contributed by atoms with Gasteiger partial charge in [0.25, 0.3) is 5.91 Å². The number of anilines is 1. The van der Waals surface area contributed by atoms with E-state index in [1.165, 1.54) is 11.3 Å². The van der Waals surface area contributed by atoms with Crippen LogP contribution in [-0.2, 0) is 4.74 Å². The fourth-order valence-corrected chi connectivity index (χ4v) is 5.41. The minimum Gasteiger partial charge on any atom is -0.462 e. The number of para-hydroxylation sites is 1. The molecule has 0 bridgehead atoms. The Morgan fingerprint density at radius 2 is 1.76 bits per heavy atom. The Labute approximate surface area is 211 Å². The van der Waals surface area contributed by atoms with Gasteiger partial charge in [-0.2, -0.15) is 0 Å². The van der Waals surface area contributed by atoms with E-state index < -0.39 is 5.97 Å². The number of nitrogens with one attached hydrogen (secondary N) is 1. The quantitative estimate of drug-likeness (QED) is 0.279. The number of carbonyl (C=O) groups is 2. The van der Waals surface area contributed by atoms with Crippen LogP contribution in [0.15, 0.2) is 42.5 Å². The lowest BCUT2D eigenvalue weighted by atomic mass is 9.97. The number of fused-ring (bicyclic) bond motifs is 1. The highest BCUT2D eigenvalue weighted by Gasteiger charge is 2.25. The van der Waals surface area contributed by atoms with Crippen molar-refractivity contribution in [2.45, 2.75) is 27.7 Å². The van der Waals surface area contributed by atoms with Gasteiger partial charge >= 0.3 is 5.97 Å². The van der Waals surface area contributed by atoms with Gasteiger partial charge in [0, 0.05) is 20.8 Å². The molecule has 4 aromatic rings. The van der Waals surface area contributed by atoms with Crippen LogP contribution in [0, 0.1) is 20.8 Å². The van der Waals surface area contributed by atoms with Crippen LogP contribution in [0.1, 0.15) is 43.6 Å². The summed E-state index contributed by atoms with van der Waals surface area (Å²) >= 11 is 13.9. The maximum Gasteiger partial charge on any atom is 0.341 e. The number of esters is 1. The number of amides is 1. The number of pyridine rings is 1. The van der Waals surface area contributed by atoms with Crippen molar-refractivity contribution in [3.05, 3.63) is 79.6 Å². The molecule has 1 N–H and O–H groups in total. The van der Waals surface area contributed by atoms with Crippen molar-refractivity contribution >= 4 is 62.3 Å². The zero-order valence-corrected chi connectivity index (χ0v) is 21.4. The van der Waals surface area contributed by atoms with Crippen LogP contribution in [0.25, 0.3) is 22.2 Å². The first-order valence-corrected chi connectivity index (χ1v) is 12.2. The lowest BCUT2D eigenvalue weighted by molar-refractivity contribution is 0.0527. The molecule has 0 spiro atoms. The second kappa shape index (κ2) is 9.74. The predicted octanol–water partition coefficient (Wildman–Crippen LogP) is 7.62. The first kappa shape index (κ1) is 24.2. The molecule has 5 nitrogen and oxygen atoms in total. The second-order valence-corrected chi connectivity index (χ2v) is 9.83. The molecule has 1 amide bonds. The number of nitrogens with zero attached hydrogens (tertiary/aromatic N) is 1. The Morgan fingerprint density at radius 3 is 2.47 bits per heavy atom. The van der Waals surface area contributed by atoms with Crippen LogP contribution in [-0.4, -0.2) is 23.5 Å². The number of thiophene rings is 1. The van der Waals surface area contributed by atoms with Gasteiger partial charge in [-0.25, -0.2) is 9.78 Å². The molecule has 2 heterocycles. The minimum atomic E-state index is -0.454. The molecule has 0 aliphatic carbocycles. The van der Waals surface area contributed by atoms with Crippen LogP contribution in [0.2, 0.25) is 10.0 Å². The monoisotopic (exact) mass is 512 g/mol. The largest absolute Gasteiger partial charge is 0.462 e. The van der Waals surface area contributed by atoms with E-state index in [9.17, 15) is 9.59 Å². The van der Waals surface area contributed by atoms with Gasteiger partial charge in [-0.3, -0.25) is 4.79 Å². The fourth-order valence-electron chi connectivity index (χ4n) is 3.87. The van der Waals surface area contributed by atoms with Gasteiger partial charge in [-0.1, -0.05) is 41.4 Å². The topological polar surface area (TPSA) is 68.3 Å². The molecule has 0 aliphatic heterocycles. The molecule has 34 heavy (non-hydrogen) atoms. The van der Waals surface area contributed by atoms with Gasteiger partial charge in [0.15, 0.2) is 0 Å². The molecular formula is C26H22Cl2N2O3S. The van der Waals surface area contributed by atoms with Gasteiger partial charge in [-0.15, -0.1) is 11.3 Å². The molecule has 2 aromatic heterocycles. The van der Waals surface area contributed by atoms with E-state index in [1.807, 2.05) is 45.0 Å². The summed E-state index contributed by atoms with van der Waals surface area (Å²) in [6.45, 7) is 7.60. The Balaban J connectivity index is 1.87. The molecular weight excluding hydrogens is 491 g/mol. The van der Waals surface area contributed by atoms with Gasteiger partial charge in [0.2, 0.25) is 0 Å². The Bertz CT molecular complexity index is 1450. The van der Waals surface area contributed by atoms with Crippen molar-refractivity contribution in [2.75, 3.05) is 11.9 Å². The van der Waals surface area contributed by atoms with Gasteiger partial charge in [-0.05, 0) is 63.1 Å². The van der Waals surface area contributed by atoms with E-state index in [2.05, 4.69) is 5.32 Å². The third-order valence-electron chi connectivity index (χ3n) is 5.64. The highest BCUT2D eigenvalue weighted by Crippen LogP contribution is 2.37. The maximum absolute atomic E-state index is 13.7. The number of ether oxygens (including phenoxy) is 1. The van der Waals surface area contributed by atoms with E-state index in [0.717, 1.165) is 10.4 Å². The van der Waals surface area contributed by atoms with Gasteiger partial charge < -0.3 is 10.1 Å². The molecule has 0 saturated carbocycles. The summed E-state index contributed by atoms with van der Waals surface area (Å²) < 4.78 is 5.22. The number of hydrogen-bond donors (Lipinski definition) is 1. The first-order valence-electron chi connectivity index (χ1n) is 10.7. The lowest BCUT2D eigenvalue weighted by Crippen LogP contribution is -2.17. The SMILES string of the molecule is CCOC(=O)c1c(NC(=O)c2c(C)c(-c3ccc(Cl)cc3Cl)nc3ccccc23)sc(C)c1C. The molecule has 174 valence electrons. The second-order valence-electron chi connectivity index (χ2n) is 7.76. The van der Waals surface area contributed by atoms with Crippen molar-refractivity contribution in [2.24, 2.45) is 0 Å². The third kappa shape index (κ3) is 4.41. The normalized spacial score (nSPS) is 11.0. The highest BCUT2D eigenvalue weighted by molar-refractivity contribution is 7.16. The lowest BCUT2D eigenvalue weighted by Gasteiger charge is -2.16. The number of aryl methyl sites for hydroxylation is 1. The number of carbonyl (C=O) groups excluding carboxylic acids is 2. The summed E-state index contributed by atoms with van der Waals surface area (Å²) in [6.07, 6.45) is 0. The summed E-state index contributed by atoms with van der Waals surface area (Å²) in [5.74, 6) is -0.793. The van der Waals surface area contributed by atoms with Crippen molar-refractivity contribution in [3.63, 3.8) is 0 Å². The average molecular weight is 513 g/mol. The number of benzene rings is 2. The van der Waals surface area contributed by atoms with Gasteiger partial charge in [0.05, 0.1) is 34.0 Å². The van der Waals surface area contributed by atoms with Crippen molar-refractivity contribution in [1.82, 2.24) is 4.98 Å². The minimum absolute atomic E-state index is 0.250. The Hall–Kier alpha value is -2.93. The standard InChI is InChI=1S/C26H22Cl2N2O3S/c1-5-33-26(32)22-13(2)15(4)34-25(22)30-24(31)21-14(3)23(17-11-10-16(27)12-19(17)28)29-20-9-7-6-8-18(20)21/h6-12H,5H2,1-4H3,(H,30,31). The van der Waals surface area contributed by atoms with E-state index >= 15 is 0 Å². The molecule has 0 aliphatic rings. The molecule has 0 atom stereocenters. The van der Waals surface area contributed by atoms with E-state index in [0.29, 0.717) is 53.9 Å². The molecule has 0 unspecified atom stereocenters. The third-order valence-corrected chi connectivity index (χ3v) is 7.31. The average Bonchev–Trinajstić information content (AvgIpc) is 3.06. The molecule has 2 aromatic carbocycles. The van der Waals surface area contributed by atoms with E-state index in [1.54, 1.807) is 25.1 Å². The molecule has 0 fully saturated rings. The fraction of sp³-hybridized carbons (Fsp3) is 0.192. The summed E-state index contributed by atoms with van der Waals surface area (Å²) in [5, 5.41) is 5.08. The maximum atomic E-state index is 13.7. The molecule has 8 heteroatoms. The zero-order valence-electron chi connectivity index (χ0n) is 19.1. The summed E-state index contributed by atoms with van der Waals surface area (Å²) in [7, 11) is 0. The van der Waals surface area contributed by atoms with Crippen LogP contribution in [0.3, 0.4) is 0 Å². The molecule has 0 saturated heterocycles. The smallest absolute Gasteiger partial charge is 0.341 e. The number of hydrogen-bond acceptors (Lipinski definition) is 5. The van der Waals surface area contributed by atoms with Crippen LogP contribution < -0.4 is 5.32 Å². The summed E-state index contributed by atoms with van der Waals surface area (Å²) in [5.41, 5.74) is 4.24. The van der Waals surface area contributed by atoms with Crippen LogP contribution in [0.4, 0.5) is 5.00 Å². The molecule has 4 rings (SSSR count). The van der Waals surface area contributed by atoms with Crippen LogP contribution >= 0.6 is 34.5 Å². The summed E-state index contributed by atoms with van der Waals surface area (Å²) in [4.78, 5) is 32.0. The van der Waals surface area contributed by atoms with Gasteiger partial charge in [0.1, 0.15) is 5.00 Å². The zero-order chi connectivity index (χ0) is 24.6. The van der Waals surface area contributed by atoms with Crippen molar-refractivity contribution in [1.29, 1.82) is 0 Å². The number of halogens is 2. The summed E-state index contributed by atoms with van der Waals surface area (Å²) in [6, 6.07) is 12.6. The number of aromatic nitrogens is 1. The Morgan fingerprint density at radius 1 is 1.03 bits per heavy atom. The van der Waals surface area contributed by atoms with Crippen molar-refractivity contribution in [3.8, 4) is 11.3 Å². The predicted molar refractivity (Wildman–Crippen MR) is 140 cm³/mol. The first-order chi connectivity index (χ1) is 16.2. The molecule has 0 radical (unpaired) electrons. The van der Waals surface area contributed by atoms with Crippen LogP contribution in [0.5, 0.6) is 0 Å². The van der Waals surface area contributed by atoms with Crippen molar-refractivity contribution < 1.29 is 14.3 Å².